The summed E-state index contributed by atoms with van der Waals surface area (Å²) >= 11 is 1.95. The van der Waals surface area contributed by atoms with Crippen molar-refractivity contribution in [3.05, 3.63) is 71.8 Å². The summed E-state index contributed by atoms with van der Waals surface area (Å²) in [6.07, 6.45) is 1.18. The van der Waals surface area contributed by atoms with Gasteiger partial charge in [0.25, 0.3) is 0 Å². The van der Waals surface area contributed by atoms with Crippen LogP contribution in [0.15, 0.2) is 60.7 Å². The van der Waals surface area contributed by atoms with E-state index in [-0.39, 0.29) is 6.04 Å². The third-order valence-corrected chi connectivity index (χ3v) is 4.71. The van der Waals surface area contributed by atoms with Gasteiger partial charge in [0.1, 0.15) is 0 Å². The largest absolute Gasteiger partial charge is 0.323 e. The van der Waals surface area contributed by atoms with Crippen LogP contribution in [0.1, 0.15) is 35.8 Å². The van der Waals surface area contributed by atoms with Gasteiger partial charge in [0.2, 0.25) is 0 Å². The van der Waals surface area contributed by atoms with Crippen LogP contribution >= 0.6 is 11.8 Å². The molecule has 0 radical (unpaired) electrons. The van der Waals surface area contributed by atoms with E-state index in [9.17, 15) is 0 Å². The maximum absolute atomic E-state index is 6.49. The van der Waals surface area contributed by atoms with Crippen LogP contribution in [0.3, 0.4) is 0 Å². The van der Waals surface area contributed by atoms with E-state index in [1.807, 2.05) is 17.8 Å². The number of benzene rings is 2. The lowest BCUT2D eigenvalue weighted by molar-refractivity contribution is 0.705. The monoisotopic (exact) mass is 271 g/mol. The molecule has 0 heterocycles. The minimum atomic E-state index is 0.0418. The molecule has 0 aliphatic rings. The van der Waals surface area contributed by atoms with E-state index in [1.165, 1.54) is 17.5 Å². The Morgan fingerprint density at radius 3 is 1.95 bits per heavy atom. The summed E-state index contributed by atoms with van der Waals surface area (Å²) in [4.78, 5) is 0. The fourth-order valence-corrected chi connectivity index (χ4v) is 3.35. The molecule has 0 saturated carbocycles. The third kappa shape index (κ3) is 3.85. The van der Waals surface area contributed by atoms with Crippen LogP contribution in [0.5, 0.6) is 0 Å². The standard InChI is InChI=1S/C17H21NS/c1-2-13-19-17(15-11-7-4-8-12-15)16(18)14-9-5-3-6-10-14/h3-12,16-17H,2,13,18H2,1H3. The molecule has 2 N–H and O–H groups in total. The molecule has 0 saturated heterocycles. The summed E-state index contributed by atoms with van der Waals surface area (Å²) < 4.78 is 0. The van der Waals surface area contributed by atoms with Gasteiger partial charge >= 0.3 is 0 Å². The molecular weight excluding hydrogens is 250 g/mol. The molecule has 0 fully saturated rings. The molecule has 19 heavy (non-hydrogen) atoms. The second-order valence-corrected chi connectivity index (χ2v) is 5.89. The molecule has 2 heteroatoms. The van der Waals surface area contributed by atoms with Gasteiger partial charge in [0, 0.05) is 11.3 Å². The Hall–Kier alpha value is -1.25. The highest BCUT2D eigenvalue weighted by molar-refractivity contribution is 7.99. The number of rotatable bonds is 6. The first-order valence-corrected chi connectivity index (χ1v) is 7.85. The summed E-state index contributed by atoms with van der Waals surface area (Å²) in [5.41, 5.74) is 9.02. The predicted octanol–water partition coefficient (Wildman–Crippen LogP) is 4.57. The first kappa shape index (κ1) is 14.2. The minimum absolute atomic E-state index is 0.0418. The Balaban J connectivity index is 2.22. The van der Waals surface area contributed by atoms with Crippen molar-refractivity contribution in [3.63, 3.8) is 0 Å². The van der Waals surface area contributed by atoms with Crippen molar-refractivity contribution in [1.82, 2.24) is 0 Å². The summed E-state index contributed by atoms with van der Waals surface area (Å²) in [6.45, 7) is 2.21. The fraction of sp³-hybridized carbons (Fsp3) is 0.294. The molecule has 0 aliphatic heterocycles. The van der Waals surface area contributed by atoms with Crippen LogP contribution in [0.25, 0.3) is 0 Å². The van der Waals surface area contributed by atoms with Gasteiger partial charge in [-0.2, -0.15) is 11.8 Å². The normalized spacial score (nSPS) is 14.0. The van der Waals surface area contributed by atoms with Gasteiger partial charge < -0.3 is 5.73 Å². The summed E-state index contributed by atoms with van der Waals surface area (Å²) in [6, 6.07) is 21.0. The van der Waals surface area contributed by atoms with E-state index in [4.69, 9.17) is 5.73 Å². The molecule has 0 aliphatic carbocycles. The molecule has 2 aromatic rings. The molecular formula is C17H21NS. The van der Waals surface area contributed by atoms with E-state index in [0.29, 0.717) is 5.25 Å². The summed E-state index contributed by atoms with van der Waals surface area (Å²) in [5, 5.41) is 0.323. The molecule has 0 spiro atoms. The Kier molecular flexibility index (Phi) is 5.49. The lowest BCUT2D eigenvalue weighted by Gasteiger charge is -2.24. The van der Waals surface area contributed by atoms with Gasteiger partial charge in [-0.1, -0.05) is 67.6 Å². The molecule has 0 bridgehead atoms. The first-order chi connectivity index (χ1) is 9.33. The molecule has 2 rings (SSSR count). The molecule has 1 nitrogen and oxygen atoms in total. The van der Waals surface area contributed by atoms with Crippen LogP contribution in [0, 0.1) is 0 Å². The SMILES string of the molecule is CCCSC(c1ccccc1)C(N)c1ccccc1. The number of nitrogens with two attached hydrogens (primary N) is 1. The van der Waals surface area contributed by atoms with Crippen LogP contribution in [0.2, 0.25) is 0 Å². The highest BCUT2D eigenvalue weighted by Gasteiger charge is 2.21. The molecule has 100 valence electrons. The molecule has 2 aromatic carbocycles. The molecule has 2 atom stereocenters. The Morgan fingerprint density at radius 2 is 1.42 bits per heavy atom. The second kappa shape index (κ2) is 7.37. The first-order valence-electron chi connectivity index (χ1n) is 6.80. The van der Waals surface area contributed by atoms with Crippen molar-refractivity contribution in [1.29, 1.82) is 0 Å². The maximum atomic E-state index is 6.49. The Labute approximate surface area is 120 Å². The van der Waals surface area contributed by atoms with Crippen LogP contribution in [-0.2, 0) is 0 Å². The van der Waals surface area contributed by atoms with E-state index < -0.39 is 0 Å². The van der Waals surface area contributed by atoms with Gasteiger partial charge in [-0.25, -0.2) is 0 Å². The maximum Gasteiger partial charge on any atom is 0.0490 e. The smallest absolute Gasteiger partial charge is 0.0490 e. The molecule has 0 aromatic heterocycles. The van der Waals surface area contributed by atoms with E-state index in [2.05, 4.69) is 61.5 Å². The number of thioether (sulfide) groups is 1. The van der Waals surface area contributed by atoms with Gasteiger partial charge in [-0.15, -0.1) is 0 Å². The second-order valence-electron chi connectivity index (χ2n) is 4.64. The van der Waals surface area contributed by atoms with E-state index >= 15 is 0 Å². The topological polar surface area (TPSA) is 26.0 Å². The summed E-state index contributed by atoms with van der Waals surface area (Å²) in [7, 11) is 0. The van der Waals surface area contributed by atoms with Gasteiger partial charge in [0.05, 0.1) is 0 Å². The third-order valence-electron chi connectivity index (χ3n) is 3.14. The Morgan fingerprint density at radius 1 is 0.895 bits per heavy atom. The number of hydrogen-bond acceptors (Lipinski definition) is 2. The lowest BCUT2D eigenvalue weighted by atomic mass is 9.99. The van der Waals surface area contributed by atoms with E-state index in [1.54, 1.807) is 0 Å². The van der Waals surface area contributed by atoms with Gasteiger partial charge in [-0.05, 0) is 23.3 Å². The van der Waals surface area contributed by atoms with Crippen LogP contribution < -0.4 is 5.73 Å². The summed E-state index contributed by atoms with van der Waals surface area (Å²) in [5.74, 6) is 1.14. The lowest BCUT2D eigenvalue weighted by Crippen LogP contribution is -2.18. The van der Waals surface area contributed by atoms with Crippen molar-refractivity contribution < 1.29 is 0 Å². The number of hydrogen-bond donors (Lipinski definition) is 1. The molecule has 0 amide bonds. The highest BCUT2D eigenvalue weighted by Crippen LogP contribution is 2.38. The molecule has 2 unspecified atom stereocenters. The van der Waals surface area contributed by atoms with Crippen molar-refractivity contribution in [2.75, 3.05) is 5.75 Å². The predicted molar refractivity (Wildman–Crippen MR) is 85.3 cm³/mol. The van der Waals surface area contributed by atoms with Crippen molar-refractivity contribution in [3.8, 4) is 0 Å². The van der Waals surface area contributed by atoms with Crippen molar-refractivity contribution in [2.45, 2.75) is 24.6 Å². The van der Waals surface area contributed by atoms with Crippen LogP contribution in [-0.4, -0.2) is 5.75 Å². The zero-order chi connectivity index (χ0) is 13.5. The zero-order valence-corrected chi connectivity index (χ0v) is 12.1. The van der Waals surface area contributed by atoms with Crippen LogP contribution in [0.4, 0.5) is 0 Å². The van der Waals surface area contributed by atoms with E-state index in [0.717, 1.165) is 5.75 Å². The van der Waals surface area contributed by atoms with Crippen molar-refractivity contribution in [2.24, 2.45) is 5.73 Å². The Bertz CT molecular complexity index is 469. The fourth-order valence-electron chi connectivity index (χ4n) is 2.14. The average Bonchev–Trinajstić information content (AvgIpc) is 2.49. The average molecular weight is 271 g/mol. The van der Waals surface area contributed by atoms with Crippen molar-refractivity contribution >= 4 is 11.8 Å². The quantitative estimate of drug-likeness (QED) is 0.832. The van der Waals surface area contributed by atoms with Gasteiger partial charge in [-0.3, -0.25) is 0 Å². The van der Waals surface area contributed by atoms with Gasteiger partial charge in [0.15, 0.2) is 0 Å². The zero-order valence-electron chi connectivity index (χ0n) is 11.3. The highest BCUT2D eigenvalue weighted by atomic mass is 32.2. The minimum Gasteiger partial charge on any atom is -0.323 e.